The van der Waals surface area contributed by atoms with Crippen molar-refractivity contribution < 1.29 is 9.59 Å². The number of amides is 2. The molecule has 2 heterocycles. The maximum atomic E-state index is 12.2. The smallest absolute Gasteiger partial charge is 0.277 e. The minimum absolute atomic E-state index is 0.0569. The average molecular weight is 352 g/mol. The molecule has 0 spiro atoms. The third-order valence-corrected chi connectivity index (χ3v) is 4.37. The van der Waals surface area contributed by atoms with Crippen LogP contribution in [0.15, 0.2) is 27.5 Å². The molecule has 0 saturated heterocycles. The van der Waals surface area contributed by atoms with Crippen molar-refractivity contribution >= 4 is 46.4 Å². The number of nitrogens with one attached hydrogen (secondary N) is 3. The third kappa shape index (κ3) is 4.42. The van der Waals surface area contributed by atoms with Crippen molar-refractivity contribution in [1.82, 2.24) is 9.97 Å². The maximum Gasteiger partial charge on any atom is 0.277 e. The second kappa shape index (κ2) is 7.93. The standard InChI is InChI=1S/C14H16N4O3S2/c1-3-9(19)15-11-10(13(21)18-14(17-11)22-4-2)16-12(20)8-6-5-7-23-8/h5-7H,3-4H2,1-2H3,(H,16,20)(H2,15,17,18,19,21). The minimum Gasteiger partial charge on any atom is -0.314 e. The van der Waals surface area contributed by atoms with Crippen molar-refractivity contribution in [3.05, 3.63) is 32.7 Å². The van der Waals surface area contributed by atoms with Crippen LogP contribution in [0.25, 0.3) is 0 Å². The molecule has 122 valence electrons. The molecule has 0 unspecified atom stereocenters. The Morgan fingerprint density at radius 1 is 1.35 bits per heavy atom. The van der Waals surface area contributed by atoms with Gasteiger partial charge in [0.15, 0.2) is 16.7 Å². The summed E-state index contributed by atoms with van der Waals surface area (Å²) in [6.45, 7) is 3.61. The van der Waals surface area contributed by atoms with Crippen molar-refractivity contribution in [2.45, 2.75) is 25.4 Å². The quantitative estimate of drug-likeness (QED) is 0.547. The summed E-state index contributed by atoms with van der Waals surface area (Å²) in [6, 6.07) is 3.38. The Hall–Kier alpha value is -2.13. The molecule has 0 bridgehead atoms. The number of aromatic nitrogens is 2. The fourth-order valence-corrected chi connectivity index (χ4v) is 2.88. The predicted molar refractivity (Wildman–Crippen MR) is 92.4 cm³/mol. The van der Waals surface area contributed by atoms with E-state index in [0.29, 0.717) is 15.8 Å². The SMILES string of the molecule is CCSc1nc(NC(=O)CC)c(NC(=O)c2cccs2)c(=O)[nH]1. The van der Waals surface area contributed by atoms with E-state index in [4.69, 9.17) is 0 Å². The van der Waals surface area contributed by atoms with Crippen LogP contribution in [0.1, 0.15) is 29.9 Å². The number of aromatic amines is 1. The number of H-pyrrole nitrogens is 1. The van der Waals surface area contributed by atoms with Crippen LogP contribution in [-0.4, -0.2) is 27.5 Å². The van der Waals surface area contributed by atoms with Crippen LogP contribution < -0.4 is 16.2 Å². The lowest BCUT2D eigenvalue weighted by molar-refractivity contribution is -0.115. The molecule has 0 fully saturated rings. The highest BCUT2D eigenvalue weighted by Crippen LogP contribution is 2.20. The van der Waals surface area contributed by atoms with Gasteiger partial charge in [-0.15, -0.1) is 11.3 Å². The zero-order chi connectivity index (χ0) is 16.8. The maximum absolute atomic E-state index is 12.2. The Morgan fingerprint density at radius 2 is 2.13 bits per heavy atom. The number of nitrogens with zero attached hydrogens (tertiary/aromatic N) is 1. The highest BCUT2D eigenvalue weighted by Gasteiger charge is 2.17. The first-order valence-corrected chi connectivity index (χ1v) is 8.83. The number of carbonyl (C=O) groups excluding carboxylic acids is 2. The molecule has 0 aromatic carbocycles. The molecule has 2 aromatic heterocycles. The number of hydrogen-bond acceptors (Lipinski definition) is 6. The Kier molecular flexibility index (Phi) is 5.94. The molecule has 0 aliphatic rings. The fraction of sp³-hybridized carbons (Fsp3) is 0.286. The van der Waals surface area contributed by atoms with Crippen LogP contribution in [0.4, 0.5) is 11.5 Å². The van der Waals surface area contributed by atoms with Gasteiger partial charge in [0.1, 0.15) is 0 Å². The van der Waals surface area contributed by atoms with Crippen LogP contribution in [0.5, 0.6) is 0 Å². The molecule has 0 atom stereocenters. The third-order valence-electron chi connectivity index (χ3n) is 2.74. The van der Waals surface area contributed by atoms with E-state index in [1.165, 1.54) is 23.1 Å². The van der Waals surface area contributed by atoms with Crippen LogP contribution in [0.2, 0.25) is 0 Å². The molecule has 9 heteroatoms. The number of hydrogen-bond donors (Lipinski definition) is 3. The second-order valence-corrected chi connectivity index (χ2v) is 6.56. The second-order valence-electron chi connectivity index (χ2n) is 4.36. The lowest BCUT2D eigenvalue weighted by Crippen LogP contribution is -2.24. The van der Waals surface area contributed by atoms with Gasteiger partial charge in [-0.05, 0) is 17.2 Å². The summed E-state index contributed by atoms with van der Waals surface area (Å²) in [6.07, 6.45) is 0.239. The monoisotopic (exact) mass is 352 g/mol. The van der Waals surface area contributed by atoms with E-state index in [1.54, 1.807) is 24.4 Å². The van der Waals surface area contributed by atoms with Crippen LogP contribution in [0.3, 0.4) is 0 Å². The van der Waals surface area contributed by atoms with E-state index in [2.05, 4.69) is 20.6 Å². The summed E-state index contributed by atoms with van der Waals surface area (Å²) in [5.41, 5.74) is -0.571. The van der Waals surface area contributed by atoms with Gasteiger partial charge in [-0.3, -0.25) is 19.4 Å². The summed E-state index contributed by atoms with van der Waals surface area (Å²) < 4.78 is 0. The summed E-state index contributed by atoms with van der Waals surface area (Å²) in [7, 11) is 0. The van der Waals surface area contributed by atoms with Crippen molar-refractivity contribution in [2.24, 2.45) is 0 Å². The molecule has 0 saturated carbocycles. The molecule has 2 rings (SSSR count). The zero-order valence-electron chi connectivity index (χ0n) is 12.6. The highest BCUT2D eigenvalue weighted by atomic mass is 32.2. The lowest BCUT2D eigenvalue weighted by Gasteiger charge is -2.11. The van der Waals surface area contributed by atoms with E-state index in [1.807, 2.05) is 6.92 Å². The Morgan fingerprint density at radius 3 is 2.74 bits per heavy atom. The topological polar surface area (TPSA) is 104 Å². The number of carbonyl (C=O) groups is 2. The number of thioether (sulfide) groups is 1. The zero-order valence-corrected chi connectivity index (χ0v) is 14.3. The highest BCUT2D eigenvalue weighted by molar-refractivity contribution is 7.99. The van der Waals surface area contributed by atoms with Gasteiger partial charge in [0.25, 0.3) is 11.5 Å². The molecule has 7 nitrogen and oxygen atoms in total. The van der Waals surface area contributed by atoms with Gasteiger partial charge in [0, 0.05) is 6.42 Å². The average Bonchev–Trinajstić information content (AvgIpc) is 3.05. The Balaban J connectivity index is 2.37. The molecule has 0 radical (unpaired) electrons. The first-order chi connectivity index (χ1) is 11.0. The van der Waals surface area contributed by atoms with Gasteiger partial charge < -0.3 is 10.6 Å². The fourth-order valence-electron chi connectivity index (χ4n) is 1.67. The number of rotatable bonds is 6. The summed E-state index contributed by atoms with van der Waals surface area (Å²) >= 11 is 2.59. The molecular weight excluding hydrogens is 336 g/mol. The lowest BCUT2D eigenvalue weighted by atomic mass is 10.3. The van der Waals surface area contributed by atoms with Gasteiger partial charge in [0.2, 0.25) is 5.91 Å². The molecular formula is C14H16N4O3S2. The summed E-state index contributed by atoms with van der Waals surface area (Å²) in [5, 5.41) is 7.23. The van der Waals surface area contributed by atoms with E-state index in [-0.39, 0.29) is 23.8 Å². The van der Waals surface area contributed by atoms with Crippen LogP contribution >= 0.6 is 23.1 Å². The van der Waals surface area contributed by atoms with Gasteiger partial charge in [-0.1, -0.05) is 31.7 Å². The van der Waals surface area contributed by atoms with Gasteiger partial charge in [0.05, 0.1) is 4.88 Å². The first kappa shape index (κ1) is 17.2. The summed E-state index contributed by atoms with van der Waals surface area (Å²) in [5.74, 6) is 0.0594. The Bertz CT molecular complexity index is 756. The van der Waals surface area contributed by atoms with E-state index >= 15 is 0 Å². The molecule has 2 aromatic rings. The largest absolute Gasteiger partial charge is 0.314 e. The van der Waals surface area contributed by atoms with Gasteiger partial charge >= 0.3 is 0 Å². The molecule has 23 heavy (non-hydrogen) atoms. The number of anilines is 2. The van der Waals surface area contributed by atoms with Crippen molar-refractivity contribution in [3.63, 3.8) is 0 Å². The molecule has 3 N–H and O–H groups in total. The molecule has 2 amide bonds. The first-order valence-electron chi connectivity index (χ1n) is 6.97. The summed E-state index contributed by atoms with van der Waals surface area (Å²) in [4.78, 5) is 43.3. The van der Waals surface area contributed by atoms with Gasteiger partial charge in [-0.25, -0.2) is 4.98 Å². The normalized spacial score (nSPS) is 10.3. The van der Waals surface area contributed by atoms with Crippen LogP contribution in [0, 0.1) is 0 Å². The Labute approximate surface area is 140 Å². The van der Waals surface area contributed by atoms with E-state index in [0.717, 1.165) is 0 Å². The van der Waals surface area contributed by atoms with Crippen molar-refractivity contribution in [3.8, 4) is 0 Å². The van der Waals surface area contributed by atoms with E-state index < -0.39 is 11.5 Å². The molecule has 0 aliphatic heterocycles. The minimum atomic E-state index is -0.507. The number of thiophene rings is 1. The molecule has 0 aliphatic carbocycles. The van der Waals surface area contributed by atoms with Gasteiger partial charge in [-0.2, -0.15) is 0 Å². The van der Waals surface area contributed by atoms with Crippen molar-refractivity contribution in [2.75, 3.05) is 16.4 Å². The van der Waals surface area contributed by atoms with Crippen LogP contribution in [-0.2, 0) is 4.79 Å². The van der Waals surface area contributed by atoms with E-state index in [9.17, 15) is 14.4 Å². The van der Waals surface area contributed by atoms with Crippen molar-refractivity contribution in [1.29, 1.82) is 0 Å². The predicted octanol–water partition coefficient (Wildman–Crippen LogP) is 2.54.